The number of carbonyl (C=O) groups excluding carboxylic acids is 2. The van der Waals surface area contributed by atoms with Crippen LogP contribution in [0.2, 0.25) is 5.02 Å². The van der Waals surface area contributed by atoms with E-state index in [9.17, 15) is 14.7 Å². The molecule has 1 aliphatic rings. The van der Waals surface area contributed by atoms with Gasteiger partial charge in [-0.2, -0.15) is 0 Å². The summed E-state index contributed by atoms with van der Waals surface area (Å²) in [5, 5.41) is 13.7. The minimum absolute atomic E-state index is 0.0523. The van der Waals surface area contributed by atoms with Gasteiger partial charge in [0.25, 0.3) is 11.7 Å². The molecule has 32 heavy (non-hydrogen) atoms. The first-order valence-corrected chi connectivity index (χ1v) is 10.5. The average molecular weight is 440 g/mol. The molecule has 1 atom stereocenters. The quantitative estimate of drug-likeness (QED) is 0.238. The van der Waals surface area contributed by atoms with Crippen molar-refractivity contribution in [2.45, 2.75) is 6.04 Å². The third-order valence-electron chi connectivity index (χ3n) is 5.67. The van der Waals surface area contributed by atoms with E-state index in [1.807, 2.05) is 66.7 Å². The number of fused-ring (bicyclic) bond motifs is 1. The number of benzene rings is 4. The van der Waals surface area contributed by atoms with Crippen molar-refractivity contribution in [1.29, 1.82) is 0 Å². The Morgan fingerprint density at radius 3 is 2.25 bits per heavy atom. The molecular weight excluding hydrogens is 422 g/mol. The molecule has 1 fully saturated rings. The fourth-order valence-electron chi connectivity index (χ4n) is 4.17. The molecule has 0 spiro atoms. The highest BCUT2D eigenvalue weighted by Gasteiger charge is 2.46. The minimum Gasteiger partial charge on any atom is -0.507 e. The highest BCUT2D eigenvalue weighted by molar-refractivity contribution is 6.51. The molecule has 1 aliphatic heterocycles. The molecule has 4 aromatic carbocycles. The van der Waals surface area contributed by atoms with E-state index in [1.54, 1.807) is 30.3 Å². The predicted octanol–water partition coefficient (Wildman–Crippen LogP) is 6.12. The Morgan fingerprint density at radius 2 is 1.50 bits per heavy atom. The number of aliphatic hydroxyl groups is 1. The number of hydrogen-bond donors (Lipinski definition) is 1. The minimum atomic E-state index is -0.777. The van der Waals surface area contributed by atoms with E-state index in [0.29, 0.717) is 21.8 Å². The highest BCUT2D eigenvalue weighted by Crippen LogP contribution is 2.42. The number of halogens is 1. The van der Waals surface area contributed by atoms with Crippen molar-refractivity contribution in [1.82, 2.24) is 0 Å². The molecule has 1 saturated heterocycles. The first kappa shape index (κ1) is 20.0. The van der Waals surface area contributed by atoms with Gasteiger partial charge in [-0.05, 0) is 40.6 Å². The first-order chi connectivity index (χ1) is 15.5. The number of carbonyl (C=O) groups is 2. The van der Waals surface area contributed by atoms with Crippen molar-refractivity contribution in [2.24, 2.45) is 0 Å². The molecule has 4 aromatic rings. The lowest BCUT2D eigenvalue weighted by Crippen LogP contribution is -2.29. The number of nitrogens with zero attached hydrogens (tertiary/aromatic N) is 1. The van der Waals surface area contributed by atoms with E-state index >= 15 is 0 Å². The summed E-state index contributed by atoms with van der Waals surface area (Å²) in [4.78, 5) is 27.7. The summed E-state index contributed by atoms with van der Waals surface area (Å²) in [7, 11) is 0. The van der Waals surface area contributed by atoms with Crippen molar-refractivity contribution in [2.75, 3.05) is 4.90 Å². The van der Waals surface area contributed by atoms with Gasteiger partial charge in [-0.1, -0.05) is 84.4 Å². The van der Waals surface area contributed by atoms with Crippen molar-refractivity contribution in [3.63, 3.8) is 0 Å². The molecule has 156 valence electrons. The van der Waals surface area contributed by atoms with Crippen LogP contribution in [-0.2, 0) is 9.59 Å². The van der Waals surface area contributed by atoms with Gasteiger partial charge in [-0.3, -0.25) is 14.5 Å². The molecule has 0 aromatic heterocycles. The Hall–Kier alpha value is -3.89. The van der Waals surface area contributed by atoms with Gasteiger partial charge in [0.1, 0.15) is 5.76 Å². The molecule has 1 amide bonds. The third kappa shape index (κ3) is 3.35. The molecular formula is C27H18ClNO3. The second-order valence-electron chi connectivity index (χ2n) is 7.62. The maximum absolute atomic E-state index is 13.2. The van der Waals surface area contributed by atoms with Gasteiger partial charge in [0.15, 0.2) is 0 Å². The standard InChI is InChI=1S/C27H18ClNO3/c28-21-11-6-12-22(16-21)29-24(18-8-2-1-3-9-18)23(26(31)27(29)32)25(30)20-14-13-17-7-4-5-10-19(17)15-20/h1-16,24,30H/b25-23-. The van der Waals surface area contributed by atoms with Crippen LogP contribution >= 0.6 is 11.6 Å². The summed E-state index contributed by atoms with van der Waals surface area (Å²) < 4.78 is 0. The normalized spacial score (nSPS) is 17.8. The number of rotatable bonds is 3. The van der Waals surface area contributed by atoms with E-state index in [-0.39, 0.29) is 11.3 Å². The zero-order valence-corrected chi connectivity index (χ0v) is 17.7. The van der Waals surface area contributed by atoms with Gasteiger partial charge in [-0.25, -0.2) is 0 Å². The molecule has 5 heteroatoms. The summed E-state index contributed by atoms with van der Waals surface area (Å²) in [6.07, 6.45) is 0. The van der Waals surface area contributed by atoms with E-state index in [1.165, 1.54) is 4.90 Å². The number of hydrogen-bond acceptors (Lipinski definition) is 3. The Kier molecular flexibility index (Phi) is 5.00. The Bertz CT molecular complexity index is 1390. The Balaban J connectivity index is 1.73. The van der Waals surface area contributed by atoms with Crippen LogP contribution in [0.5, 0.6) is 0 Å². The van der Waals surface area contributed by atoms with Crippen LogP contribution in [0.1, 0.15) is 17.2 Å². The van der Waals surface area contributed by atoms with E-state index in [0.717, 1.165) is 10.8 Å². The SMILES string of the molecule is O=C1C(=O)N(c2cccc(Cl)c2)C(c2ccccc2)/C1=C(/O)c1ccc2ccccc2c1. The van der Waals surface area contributed by atoms with Gasteiger partial charge in [0, 0.05) is 16.3 Å². The zero-order valence-electron chi connectivity index (χ0n) is 16.9. The summed E-state index contributed by atoms with van der Waals surface area (Å²) in [5.41, 5.74) is 1.74. The molecule has 4 nitrogen and oxygen atoms in total. The van der Waals surface area contributed by atoms with Crippen LogP contribution in [0.4, 0.5) is 5.69 Å². The van der Waals surface area contributed by atoms with E-state index < -0.39 is 17.7 Å². The lowest BCUT2D eigenvalue weighted by Gasteiger charge is -2.25. The summed E-state index contributed by atoms with van der Waals surface area (Å²) in [5.74, 6) is -1.64. The van der Waals surface area contributed by atoms with Gasteiger partial charge in [0.2, 0.25) is 0 Å². The molecule has 1 N–H and O–H groups in total. The first-order valence-electron chi connectivity index (χ1n) is 10.2. The third-order valence-corrected chi connectivity index (χ3v) is 5.90. The van der Waals surface area contributed by atoms with Crippen LogP contribution in [0.3, 0.4) is 0 Å². The fraction of sp³-hybridized carbons (Fsp3) is 0.0370. The predicted molar refractivity (Wildman–Crippen MR) is 127 cm³/mol. The summed E-state index contributed by atoms with van der Waals surface area (Å²) in [6.45, 7) is 0. The number of amides is 1. The van der Waals surface area contributed by atoms with Crippen molar-refractivity contribution in [3.05, 3.63) is 119 Å². The smallest absolute Gasteiger partial charge is 0.300 e. The van der Waals surface area contributed by atoms with Crippen LogP contribution in [0, 0.1) is 0 Å². The molecule has 0 bridgehead atoms. The second-order valence-corrected chi connectivity index (χ2v) is 8.06. The summed E-state index contributed by atoms with van der Waals surface area (Å²) >= 11 is 6.17. The highest BCUT2D eigenvalue weighted by atomic mass is 35.5. The molecule has 0 aliphatic carbocycles. The topological polar surface area (TPSA) is 57.6 Å². The van der Waals surface area contributed by atoms with Crippen LogP contribution in [-0.4, -0.2) is 16.8 Å². The van der Waals surface area contributed by atoms with E-state index in [4.69, 9.17) is 11.6 Å². The molecule has 1 unspecified atom stereocenters. The Labute approximate surface area is 190 Å². The van der Waals surface area contributed by atoms with Crippen LogP contribution < -0.4 is 4.90 Å². The average Bonchev–Trinajstić information content (AvgIpc) is 3.09. The fourth-order valence-corrected chi connectivity index (χ4v) is 4.35. The molecule has 1 heterocycles. The molecule has 0 saturated carbocycles. The van der Waals surface area contributed by atoms with Gasteiger partial charge in [0.05, 0.1) is 11.6 Å². The second kappa shape index (κ2) is 7.98. The Morgan fingerprint density at radius 1 is 0.781 bits per heavy atom. The monoisotopic (exact) mass is 439 g/mol. The lowest BCUT2D eigenvalue weighted by molar-refractivity contribution is -0.132. The molecule has 0 radical (unpaired) electrons. The van der Waals surface area contributed by atoms with Crippen molar-refractivity contribution < 1.29 is 14.7 Å². The molecule has 5 rings (SSSR count). The number of aliphatic hydroxyl groups excluding tert-OH is 1. The number of anilines is 1. The van der Waals surface area contributed by atoms with Gasteiger partial charge in [-0.15, -0.1) is 0 Å². The lowest BCUT2D eigenvalue weighted by atomic mass is 9.94. The van der Waals surface area contributed by atoms with Gasteiger partial charge < -0.3 is 5.11 Å². The maximum Gasteiger partial charge on any atom is 0.300 e. The van der Waals surface area contributed by atoms with E-state index in [2.05, 4.69) is 0 Å². The van der Waals surface area contributed by atoms with Crippen molar-refractivity contribution in [3.8, 4) is 0 Å². The largest absolute Gasteiger partial charge is 0.507 e. The van der Waals surface area contributed by atoms with Gasteiger partial charge >= 0.3 is 0 Å². The summed E-state index contributed by atoms with van der Waals surface area (Å²) in [6, 6.07) is 28.4. The van der Waals surface area contributed by atoms with Crippen LogP contribution in [0.15, 0.2) is 103 Å². The van der Waals surface area contributed by atoms with Crippen molar-refractivity contribution >= 4 is 45.5 Å². The maximum atomic E-state index is 13.2. The number of ketones is 1. The van der Waals surface area contributed by atoms with Crippen LogP contribution in [0.25, 0.3) is 16.5 Å². The number of Topliss-reactive ketones (excluding diaryl/α,β-unsaturated/α-hetero) is 1. The zero-order chi connectivity index (χ0) is 22.2.